The Morgan fingerprint density at radius 3 is 3.06 bits per heavy atom. The molecule has 0 atom stereocenters. The van der Waals surface area contributed by atoms with E-state index in [-0.39, 0.29) is 0 Å². The van der Waals surface area contributed by atoms with Crippen molar-refractivity contribution in [3.8, 4) is 11.3 Å². The minimum Gasteiger partial charge on any atom is -0.396 e. The van der Waals surface area contributed by atoms with Crippen LogP contribution in [0.5, 0.6) is 0 Å². The van der Waals surface area contributed by atoms with Gasteiger partial charge in [-0.05, 0) is 24.4 Å². The standard InChI is InChI=1S/C11H9N5S/c12-8-5-15-11(17)16-9(8)7-4-14-10-6(7)2-1-3-13-10/h1-5H,12H2,(H,13,14)(H,15,16,17). The fraction of sp³-hybridized carbons (Fsp3) is 0. The van der Waals surface area contributed by atoms with Crippen LogP contribution >= 0.6 is 12.2 Å². The molecule has 0 aromatic carbocycles. The van der Waals surface area contributed by atoms with Gasteiger partial charge in [0.15, 0.2) is 4.77 Å². The maximum atomic E-state index is 5.90. The average Bonchev–Trinajstić information content (AvgIpc) is 2.76. The van der Waals surface area contributed by atoms with Crippen molar-refractivity contribution < 1.29 is 0 Å². The predicted octanol–water partition coefficient (Wildman–Crippen LogP) is 2.26. The Kier molecular flexibility index (Phi) is 2.15. The summed E-state index contributed by atoms with van der Waals surface area (Å²) in [6.45, 7) is 0. The number of H-pyrrole nitrogens is 2. The van der Waals surface area contributed by atoms with Crippen LogP contribution in [-0.4, -0.2) is 19.9 Å². The molecule has 0 aliphatic carbocycles. The molecular weight excluding hydrogens is 234 g/mol. The first-order valence-electron chi connectivity index (χ1n) is 5.03. The van der Waals surface area contributed by atoms with Gasteiger partial charge in [0.05, 0.1) is 17.6 Å². The highest BCUT2D eigenvalue weighted by Gasteiger charge is 2.09. The molecule has 17 heavy (non-hydrogen) atoms. The number of anilines is 1. The van der Waals surface area contributed by atoms with Crippen LogP contribution in [0.15, 0.2) is 30.7 Å². The molecule has 4 N–H and O–H groups in total. The lowest BCUT2D eigenvalue weighted by Crippen LogP contribution is -1.95. The number of fused-ring (bicyclic) bond motifs is 1. The molecule has 0 unspecified atom stereocenters. The third-order valence-corrected chi connectivity index (χ3v) is 2.77. The second-order valence-electron chi connectivity index (χ2n) is 3.62. The number of nitrogens with two attached hydrogens (primary N) is 1. The predicted molar refractivity (Wildman–Crippen MR) is 68.9 cm³/mol. The van der Waals surface area contributed by atoms with Crippen LogP contribution in [0.1, 0.15) is 0 Å². The largest absolute Gasteiger partial charge is 0.396 e. The number of aromatic amines is 2. The molecule has 6 heteroatoms. The van der Waals surface area contributed by atoms with Crippen LogP contribution in [0, 0.1) is 4.77 Å². The molecule has 0 amide bonds. The van der Waals surface area contributed by atoms with Crippen LogP contribution in [0.2, 0.25) is 0 Å². The van der Waals surface area contributed by atoms with E-state index in [0.717, 1.165) is 22.3 Å². The van der Waals surface area contributed by atoms with E-state index in [1.165, 1.54) is 0 Å². The lowest BCUT2D eigenvalue weighted by Gasteiger charge is -2.03. The van der Waals surface area contributed by atoms with Gasteiger partial charge < -0.3 is 15.7 Å². The number of rotatable bonds is 1. The first kappa shape index (κ1) is 9.98. The van der Waals surface area contributed by atoms with Gasteiger partial charge in [0.2, 0.25) is 0 Å². The van der Waals surface area contributed by atoms with Gasteiger partial charge in [-0.3, -0.25) is 0 Å². The number of hydrogen-bond acceptors (Lipinski definition) is 4. The van der Waals surface area contributed by atoms with Gasteiger partial charge in [0, 0.05) is 23.3 Å². The normalized spacial score (nSPS) is 10.8. The lowest BCUT2D eigenvalue weighted by atomic mass is 10.1. The van der Waals surface area contributed by atoms with Crippen LogP contribution in [-0.2, 0) is 0 Å². The van der Waals surface area contributed by atoms with Gasteiger partial charge in [-0.25, -0.2) is 9.97 Å². The first-order chi connectivity index (χ1) is 8.25. The van der Waals surface area contributed by atoms with Gasteiger partial charge in [-0.2, -0.15) is 0 Å². The summed E-state index contributed by atoms with van der Waals surface area (Å²) in [6, 6.07) is 3.86. The SMILES string of the molecule is Nc1cnc(=S)[nH]c1-c1c[nH]c2ncccc12. The van der Waals surface area contributed by atoms with Gasteiger partial charge in [-0.15, -0.1) is 0 Å². The summed E-state index contributed by atoms with van der Waals surface area (Å²) in [5, 5.41) is 0.996. The fourth-order valence-corrected chi connectivity index (χ4v) is 1.94. The molecule has 84 valence electrons. The highest BCUT2D eigenvalue weighted by atomic mass is 32.1. The summed E-state index contributed by atoms with van der Waals surface area (Å²) in [6.07, 6.45) is 5.15. The number of nitrogen functional groups attached to an aromatic ring is 1. The zero-order valence-corrected chi connectivity index (χ0v) is 9.58. The monoisotopic (exact) mass is 243 g/mol. The molecule has 0 radical (unpaired) electrons. The Bertz CT molecular complexity index is 743. The second kappa shape index (κ2) is 3.67. The molecule has 3 aromatic rings. The highest BCUT2D eigenvalue weighted by Crippen LogP contribution is 2.29. The molecular formula is C11H9N5S. The third kappa shape index (κ3) is 1.58. The molecule has 0 aliphatic heterocycles. The van der Waals surface area contributed by atoms with Crippen molar-refractivity contribution in [2.75, 3.05) is 5.73 Å². The zero-order chi connectivity index (χ0) is 11.8. The topological polar surface area (TPSA) is 83.4 Å². The minimum absolute atomic E-state index is 0.410. The molecule has 0 aliphatic rings. The van der Waals surface area contributed by atoms with E-state index >= 15 is 0 Å². The van der Waals surface area contributed by atoms with Gasteiger partial charge in [-0.1, -0.05) is 0 Å². The van der Waals surface area contributed by atoms with Crippen molar-refractivity contribution >= 4 is 28.9 Å². The fourth-order valence-electron chi connectivity index (χ4n) is 1.79. The Labute approximate surface area is 102 Å². The smallest absolute Gasteiger partial charge is 0.197 e. The summed E-state index contributed by atoms with van der Waals surface area (Å²) in [5.41, 5.74) is 8.99. The van der Waals surface area contributed by atoms with E-state index in [2.05, 4.69) is 19.9 Å². The number of hydrogen-bond donors (Lipinski definition) is 3. The van der Waals surface area contributed by atoms with Crippen molar-refractivity contribution in [1.82, 2.24) is 19.9 Å². The average molecular weight is 243 g/mol. The molecule has 3 aromatic heterocycles. The van der Waals surface area contributed by atoms with E-state index in [0.29, 0.717) is 10.5 Å². The highest BCUT2D eigenvalue weighted by molar-refractivity contribution is 7.71. The Balaban J connectivity index is 2.34. The maximum absolute atomic E-state index is 5.90. The second-order valence-corrected chi connectivity index (χ2v) is 4.01. The summed E-state index contributed by atoms with van der Waals surface area (Å²) in [7, 11) is 0. The van der Waals surface area contributed by atoms with E-state index in [1.807, 2.05) is 18.3 Å². The summed E-state index contributed by atoms with van der Waals surface area (Å²) in [4.78, 5) is 14.3. The first-order valence-corrected chi connectivity index (χ1v) is 5.44. The minimum atomic E-state index is 0.410. The van der Waals surface area contributed by atoms with Crippen LogP contribution < -0.4 is 5.73 Å². The number of pyridine rings is 1. The van der Waals surface area contributed by atoms with Crippen LogP contribution in [0.4, 0.5) is 5.69 Å². The summed E-state index contributed by atoms with van der Waals surface area (Å²) >= 11 is 5.01. The molecule has 0 bridgehead atoms. The summed E-state index contributed by atoms with van der Waals surface area (Å²) < 4.78 is 0.410. The van der Waals surface area contributed by atoms with Gasteiger partial charge in [0.1, 0.15) is 5.65 Å². The Morgan fingerprint density at radius 2 is 2.18 bits per heavy atom. The Morgan fingerprint density at radius 1 is 1.29 bits per heavy atom. The van der Waals surface area contributed by atoms with Crippen molar-refractivity contribution in [3.05, 3.63) is 35.5 Å². The van der Waals surface area contributed by atoms with Crippen molar-refractivity contribution in [1.29, 1.82) is 0 Å². The number of nitrogens with one attached hydrogen (secondary N) is 2. The van der Waals surface area contributed by atoms with E-state index in [1.54, 1.807) is 12.4 Å². The zero-order valence-electron chi connectivity index (χ0n) is 8.77. The van der Waals surface area contributed by atoms with Gasteiger partial charge >= 0.3 is 0 Å². The molecule has 5 nitrogen and oxygen atoms in total. The van der Waals surface area contributed by atoms with Crippen molar-refractivity contribution in [3.63, 3.8) is 0 Å². The third-order valence-electron chi connectivity index (χ3n) is 2.56. The lowest BCUT2D eigenvalue weighted by molar-refractivity contribution is 1.14. The van der Waals surface area contributed by atoms with E-state index < -0.39 is 0 Å². The molecule has 0 saturated carbocycles. The van der Waals surface area contributed by atoms with E-state index in [4.69, 9.17) is 18.0 Å². The molecule has 0 fully saturated rings. The quantitative estimate of drug-likeness (QED) is 0.572. The van der Waals surface area contributed by atoms with Crippen LogP contribution in [0.25, 0.3) is 22.3 Å². The van der Waals surface area contributed by atoms with Gasteiger partial charge in [0.25, 0.3) is 0 Å². The number of aromatic nitrogens is 4. The van der Waals surface area contributed by atoms with Crippen molar-refractivity contribution in [2.45, 2.75) is 0 Å². The molecule has 0 spiro atoms. The molecule has 3 heterocycles. The number of nitrogens with zero attached hydrogens (tertiary/aromatic N) is 2. The Hall–Kier alpha value is -2.21. The molecule has 0 saturated heterocycles. The summed E-state index contributed by atoms with van der Waals surface area (Å²) in [5.74, 6) is 0. The molecule has 3 rings (SSSR count). The van der Waals surface area contributed by atoms with Crippen LogP contribution in [0.3, 0.4) is 0 Å². The maximum Gasteiger partial charge on any atom is 0.197 e. The van der Waals surface area contributed by atoms with E-state index in [9.17, 15) is 0 Å². The van der Waals surface area contributed by atoms with Crippen molar-refractivity contribution in [2.24, 2.45) is 0 Å².